The summed E-state index contributed by atoms with van der Waals surface area (Å²) in [7, 11) is 1.56. The molecule has 1 aromatic rings. The van der Waals surface area contributed by atoms with Gasteiger partial charge >= 0.3 is 6.18 Å². The van der Waals surface area contributed by atoms with Crippen LogP contribution in [0, 0.1) is 5.92 Å². The number of hydrogen-bond donors (Lipinski definition) is 1. The van der Waals surface area contributed by atoms with Gasteiger partial charge in [0.15, 0.2) is 0 Å². The first-order valence-corrected chi connectivity index (χ1v) is 8.41. The summed E-state index contributed by atoms with van der Waals surface area (Å²) in [4.78, 5) is 12.2. The lowest BCUT2D eigenvalue weighted by Gasteiger charge is -2.31. The molecule has 1 amide bonds. The van der Waals surface area contributed by atoms with E-state index in [0.29, 0.717) is 18.6 Å². The predicted octanol–water partition coefficient (Wildman–Crippen LogP) is 3.84. The summed E-state index contributed by atoms with van der Waals surface area (Å²) < 4.78 is 49.2. The van der Waals surface area contributed by atoms with Gasteiger partial charge in [-0.05, 0) is 43.9 Å². The normalized spacial score (nSPS) is 22.3. The third-order valence-electron chi connectivity index (χ3n) is 4.49. The van der Waals surface area contributed by atoms with Crippen molar-refractivity contribution in [3.63, 3.8) is 0 Å². The second-order valence-corrected chi connectivity index (χ2v) is 6.42. The summed E-state index contributed by atoms with van der Waals surface area (Å²) in [6.45, 7) is 1.82. The first-order valence-electron chi connectivity index (χ1n) is 8.41. The first kappa shape index (κ1) is 19.6. The van der Waals surface area contributed by atoms with Crippen LogP contribution in [0.25, 0.3) is 0 Å². The number of benzene rings is 1. The second-order valence-electron chi connectivity index (χ2n) is 6.42. The molecule has 3 unspecified atom stereocenters. The van der Waals surface area contributed by atoms with Gasteiger partial charge in [-0.2, -0.15) is 13.2 Å². The Hall–Kier alpha value is -1.76. The Morgan fingerprint density at radius 2 is 2.12 bits per heavy atom. The van der Waals surface area contributed by atoms with Crippen molar-refractivity contribution >= 4 is 5.91 Å². The smallest absolute Gasteiger partial charge is 0.391 e. The van der Waals surface area contributed by atoms with Crippen LogP contribution >= 0.6 is 0 Å². The number of amides is 1. The molecule has 1 aromatic carbocycles. The maximum absolute atomic E-state index is 12.8. The molecule has 0 aromatic heterocycles. The molecule has 1 saturated carbocycles. The van der Waals surface area contributed by atoms with Crippen molar-refractivity contribution in [3.05, 3.63) is 29.8 Å². The van der Waals surface area contributed by atoms with Crippen molar-refractivity contribution in [2.45, 2.75) is 57.5 Å². The van der Waals surface area contributed by atoms with Crippen molar-refractivity contribution in [2.75, 3.05) is 7.11 Å². The summed E-state index contributed by atoms with van der Waals surface area (Å²) >= 11 is 0. The molecule has 0 spiro atoms. The predicted molar refractivity (Wildman–Crippen MR) is 87.2 cm³/mol. The fourth-order valence-corrected chi connectivity index (χ4v) is 3.00. The molecular weight excluding hydrogens is 335 g/mol. The minimum Gasteiger partial charge on any atom is -0.497 e. The number of halogens is 3. The van der Waals surface area contributed by atoms with Crippen molar-refractivity contribution in [3.8, 4) is 5.75 Å². The molecule has 0 bridgehead atoms. The van der Waals surface area contributed by atoms with E-state index in [-0.39, 0.29) is 25.4 Å². The Morgan fingerprint density at radius 3 is 2.80 bits per heavy atom. The number of carbonyl (C=O) groups excluding carboxylic acids is 1. The van der Waals surface area contributed by atoms with E-state index < -0.39 is 24.2 Å². The van der Waals surface area contributed by atoms with E-state index in [1.807, 2.05) is 12.1 Å². The minimum atomic E-state index is -4.20. The molecule has 1 aliphatic rings. The second kappa shape index (κ2) is 8.56. The molecule has 1 N–H and O–H groups in total. The highest BCUT2D eigenvalue weighted by Crippen LogP contribution is 2.37. The third-order valence-corrected chi connectivity index (χ3v) is 4.49. The van der Waals surface area contributed by atoms with Crippen LogP contribution in [-0.4, -0.2) is 31.3 Å². The largest absolute Gasteiger partial charge is 0.497 e. The third kappa shape index (κ3) is 5.92. The van der Waals surface area contributed by atoms with Crippen molar-refractivity contribution in [2.24, 2.45) is 5.92 Å². The fourth-order valence-electron chi connectivity index (χ4n) is 3.00. The zero-order valence-electron chi connectivity index (χ0n) is 14.4. The average Bonchev–Trinajstić information content (AvgIpc) is 2.59. The van der Waals surface area contributed by atoms with Gasteiger partial charge in [0, 0.05) is 6.04 Å². The molecule has 0 heterocycles. The van der Waals surface area contributed by atoms with Crippen LogP contribution in [0.1, 0.15) is 38.2 Å². The van der Waals surface area contributed by atoms with Crippen LogP contribution < -0.4 is 10.1 Å². The Balaban J connectivity index is 1.81. The topological polar surface area (TPSA) is 47.6 Å². The number of rotatable bonds is 6. The van der Waals surface area contributed by atoms with E-state index in [1.54, 1.807) is 26.2 Å². The molecule has 0 saturated heterocycles. The van der Waals surface area contributed by atoms with Gasteiger partial charge < -0.3 is 14.8 Å². The zero-order chi connectivity index (χ0) is 18.4. The van der Waals surface area contributed by atoms with Crippen LogP contribution in [0.3, 0.4) is 0 Å². The number of alkyl halides is 3. The molecule has 3 atom stereocenters. The molecule has 25 heavy (non-hydrogen) atoms. The molecule has 0 radical (unpaired) electrons. The number of carbonyl (C=O) groups is 1. The van der Waals surface area contributed by atoms with Crippen molar-refractivity contribution in [1.29, 1.82) is 0 Å². The van der Waals surface area contributed by atoms with Gasteiger partial charge in [-0.15, -0.1) is 0 Å². The van der Waals surface area contributed by atoms with Gasteiger partial charge in [-0.1, -0.05) is 18.6 Å². The molecule has 0 aliphatic heterocycles. The van der Waals surface area contributed by atoms with Gasteiger partial charge in [0.1, 0.15) is 11.9 Å². The Bertz CT molecular complexity index is 577. The summed E-state index contributed by atoms with van der Waals surface area (Å²) in [6.07, 6.45) is -3.82. The number of methoxy groups -OCH3 is 1. The van der Waals surface area contributed by atoms with E-state index in [9.17, 15) is 18.0 Å². The Kier molecular flexibility index (Phi) is 6.70. The van der Waals surface area contributed by atoms with Crippen molar-refractivity contribution < 1.29 is 27.4 Å². The van der Waals surface area contributed by atoms with Crippen molar-refractivity contribution in [1.82, 2.24) is 5.32 Å². The summed E-state index contributed by atoms with van der Waals surface area (Å²) in [5, 5.41) is 2.69. The molecule has 7 heteroatoms. The lowest BCUT2D eigenvalue weighted by molar-refractivity contribution is -0.184. The van der Waals surface area contributed by atoms with Crippen LogP contribution in [0.4, 0.5) is 13.2 Å². The maximum Gasteiger partial charge on any atom is 0.391 e. The van der Waals surface area contributed by atoms with Crippen LogP contribution in [0.5, 0.6) is 5.75 Å². The molecule has 4 nitrogen and oxygen atoms in total. The fraction of sp³-hybridized carbons (Fsp3) is 0.611. The first-order chi connectivity index (χ1) is 11.8. The van der Waals surface area contributed by atoms with Crippen LogP contribution in [0.2, 0.25) is 0 Å². The minimum absolute atomic E-state index is 0.0577. The van der Waals surface area contributed by atoms with E-state index >= 15 is 0 Å². The van der Waals surface area contributed by atoms with E-state index in [4.69, 9.17) is 9.47 Å². The van der Waals surface area contributed by atoms with E-state index in [1.165, 1.54) is 0 Å². The summed E-state index contributed by atoms with van der Waals surface area (Å²) in [6, 6.07) is 6.83. The molecule has 1 aliphatic carbocycles. The standard InChI is InChI=1S/C18H24F3NO3/c1-12(25-11-13-5-3-8-16(9-13)24-2)17(23)22-15-7-4-6-14(10-15)18(19,20)21/h3,5,8-9,12,14-15H,4,6-7,10-11H2,1-2H3,(H,22,23). The van der Waals surface area contributed by atoms with E-state index in [0.717, 1.165) is 5.56 Å². The quantitative estimate of drug-likeness (QED) is 0.840. The van der Waals surface area contributed by atoms with E-state index in [2.05, 4.69) is 5.32 Å². The molecular formula is C18H24F3NO3. The SMILES string of the molecule is COc1cccc(COC(C)C(=O)NC2CCCC(C(F)(F)F)C2)c1. The molecule has 1 fully saturated rings. The Morgan fingerprint density at radius 1 is 1.36 bits per heavy atom. The summed E-state index contributed by atoms with van der Waals surface area (Å²) in [5.41, 5.74) is 0.855. The molecule has 140 valence electrons. The average molecular weight is 359 g/mol. The highest BCUT2D eigenvalue weighted by Gasteiger charge is 2.42. The van der Waals surface area contributed by atoms with Gasteiger partial charge in [-0.3, -0.25) is 4.79 Å². The lowest BCUT2D eigenvalue weighted by atomic mass is 9.85. The van der Waals surface area contributed by atoms with Gasteiger partial charge in [0.2, 0.25) is 5.91 Å². The molecule has 2 rings (SSSR count). The lowest BCUT2D eigenvalue weighted by Crippen LogP contribution is -2.45. The van der Waals surface area contributed by atoms with Crippen LogP contribution in [0.15, 0.2) is 24.3 Å². The number of nitrogens with one attached hydrogen (secondary N) is 1. The zero-order valence-corrected chi connectivity index (χ0v) is 14.4. The van der Waals surface area contributed by atoms with Gasteiger partial charge in [0.05, 0.1) is 19.6 Å². The Labute approximate surface area is 145 Å². The monoisotopic (exact) mass is 359 g/mol. The van der Waals surface area contributed by atoms with Gasteiger partial charge in [-0.25, -0.2) is 0 Å². The van der Waals surface area contributed by atoms with Crippen LogP contribution in [-0.2, 0) is 16.1 Å². The number of ether oxygens (including phenoxy) is 2. The number of hydrogen-bond acceptors (Lipinski definition) is 3. The highest BCUT2D eigenvalue weighted by molar-refractivity contribution is 5.80. The maximum atomic E-state index is 12.8. The summed E-state index contributed by atoms with van der Waals surface area (Å²) in [5.74, 6) is -1.02. The van der Waals surface area contributed by atoms with Gasteiger partial charge in [0.25, 0.3) is 0 Å². The highest BCUT2D eigenvalue weighted by atomic mass is 19.4.